The normalized spacial score (nSPS) is 19.2. The first-order valence-electron chi connectivity index (χ1n) is 8.42. The summed E-state index contributed by atoms with van der Waals surface area (Å²) in [6.07, 6.45) is 2.97. The summed E-state index contributed by atoms with van der Waals surface area (Å²) >= 11 is 0. The van der Waals surface area contributed by atoms with Gasteiger partial charge in [-0.05, 0) is 50.3 Å². The van der Waals surface area contributed by atoms with Crippen LogP contribution in [0.1, 0.15) is 31.7 Å². The third-order valence-corrected chi connectivity index (χ3v) is 6.22. The summed E-state index contributed by atoms with van der Waals surface area (Å²) in [5.74, 6) is -0.536. The number of nitrogens with zero attached hydrogens (tertiary/aromatic N) is 1. The number of sulfonamides is 1. The van der Waals surface area contributed by atoms with Gasteiger partial charge in [0.2, 0.25) is 15.9 Å². The zero-order valence-electron chi connectivity index (χ0n) is 14.0. The molecule has 1 N–H and O–H groups in total. The average molecular weight is 356 g/mol. The zero-order chi connectivity index (χ0) is 17.6. The number of piperidine rings is 1. The maximum atomic E-state index is 12.8. The number of benzene rings is 1. The number of rotatable bonds is 7. The van der Waals surface area contributed by atoms with Gasteiger partial charge in [-0.2, -0.15) is 0 Å². The first kappa shape index (κ1) is 18.9. The van der Waals surface area contributed by atoms with Gasteiger partial charge in [0.25, 0.3) is 0 Å². The van der Waals surface area contributed by atoms with E-state index < -0.39 is 10.0 Å². The molecule has 1 aliphatic rings. The van der Waals surface area contributed by atoms with Crippen molar-refractivity contribution < 1.29 is 17.6 Å². The molecule has 0 aromatic heterocycles. The molecule has 1 saturated heterocycles. The number of nitrogens with one attached hydrogen (secondary N) is 1. The molecule has 1 heterocycles. The molecule has 1 aliphatic heterocycles. The van der Waals surface area contributed by atoms with Crippen LogP contribution in [0.3, 0.4) is 0 Å². The fourth-order valence-electron chi connectivity index (χ4n) is 2.89. The Kier molecular flexibility index (Phi) is 6.74. The smallest absolute Gasteiger partial charge is 0.224 e. The van der Waals surface area contributed by atoms with Crippen LogP contribution in [-0.2, 0) is 21.2 Å². The van der Waals surface area contributed by atoms with Gasteiger partial charge in [-0.25, -0.2) is 17.1 Å². The second-order valence-corrected chi connectivity index (χ2v) is 8.38. The summed E-state index contributed by atoms with van der Waals surface area (Å²) in [7, 11) is -3.23. The molecule has 0 saturated carbocycles. The summed E-state index contributed by atoms with van der Waals surface area (Å²) in [5, 5.41) is 2.89. The quantitative estimate of drug-likeness (QED) is 0.759. The van der Waals surface area contributed by atoms with E-state index in [9.17, 15) is 17.6 Å². The molecule has 0 spiro atoms. The van der Waals surface area contributed by atoms with Crippen molar-refractivity contribution >= 4 is 15.9 Å². The lowest BCUT2D eigenvalue weighted by Crippen LogP contribution is -2.46. The third-order valence-electron chi connectivity index (χ3n) is 4.37. The van der Waals surface area contributed by atoms with E-state index in [1.54, 1.807) is 19.1 Å². The molecule has 1 amide bonds. The maximum absolute atomic E-state index is 12.8. The second kappa shape index (κ2) is 8.58. The first-order chi connectivity index (χ1) is 11.4. The number of halogens is 1. The van der Waals surface area contributed by atoms with Crippen LogP contribution in [-0.4, -0.2) is 44.0 Å². The van der Waals surface area contributed by atoms with Gasteiger partial charge >= 0.3 is 0 Å². The van der Waals surface area contributed by atoms with Crippen LogP contribution >= 0.6 is 0 Å². The fourth-order valence-corrected chi connectivity index (χ4v) is 4.07. The predicted molar refractivity (Wildman–Crippen MR) is 91.5 cm³/mol. The lowest BCUT2D eigenvalue weighted by atomic mass is 9.99. The van der Waals surface area contributed by atoms with Crippen LogP contribution in [0, 0.1) is 11.7 Å². The molecule has 0 radical (unpaired) electrons. The lowest BCUT2D eigenvalue weighted by Gasteiger charge is -2.30. The number of hydrogen-bond donors (Lipinski definition) is 1. The minimum Gasteiger partial charge on any atom is -0.356 e. The van der Waals surface area contributed by atoms with Gasteiger partial charge in [0.05, 0.1) is 11.7 Å². The van der Waals surface area contributed by atoms with Gasteiger partial charge in [-0.15, -0.1) is 0 Å². The van der Waals surface area contributed by atoms with Gasteiger partial charge < -0.3 is 5.32 Å². The topological polar surface area (TPSA) is 66.5 Å². The standard InChI is InChI=1S/C17H25FN2O3S/c1-2-24(22,23)20-12-4-6-15(13-20)17(21)19-11-3-5-14-7-9-16(18)10-8-14/h7-10,15H,2-6,11-13H2,1H3,(H,19,21). The van der Waals surface area contributed by atoms with Gasteiger partial charge in [-0.1, -0.05) is 12.1 Å². The Morgan fingerprint density at radius 2 is 2.04 bits per heavy atom. The highest BCUT2D eigenvalue weighted by Crippen LogP contribution is 2.19. The summed E-state index contributed by atoms with van der Waals surface area (Å²) in [6.45, 7) is 2.94. The molecule has 1 aromatic rings. The maximum Gasteiger partial charge on any atom is 0.224 e. The first-order valence-corrected chi connectivity index (χ1v) is 10.0. The fraction of sp³-hybridized carbons (Fsp3) is 0.588. The van der Waals surface area contributed by atoms with E-state index in [2.05, 4.69) is 5.32 Å². The van der Waals surface area contributed by atoms with E-state index in [0.29, 0.717) is 19.5 Å². The van der Waals surface area contributed by atoms with Gasteiger partial charge in [0, 0.05) is 19.6 Å². The monoisotopic (exact) mass is 356 g/mol. The van der Waals surface area contributed by atoms with Crippen molar-refractivity contribution in [1.82, 2.24) is 9.62 Å². The Morgan fingerprint density at radius 3 is 2.71 bits per heavy atom. The molecule has 1 atom stereocenters. The van der Waals surface area contributed by atoms with Crippen LogP contribution in [0.15, 0.2) is 24.3 Å². The predicted octanol–water partition coefficient (Wildman–Crippen LogP) is 1.94. The van der Waals surface area contributed by atoms with Crippen molar-refractivity contribution in [2.24, 2.45) is 5.92 Å². The van der Waals surface area contributed by atoms with E-state index in [1.165, 1.54) is 16.4 Å². The number of hydrogen-bond acceptors (Lipinski definition) is 3. The Labute approximate surface area is 143 Å². The SMILES string of the molecule is CCS(=O)(=O)N1CCCC(C(=O)NCCCc2ccc(F)cc2)C1. The molecule has 2 rings (SSSR count). The number of carbonyl (C=O) groups is 1. The van der Waals surface area contributed by atoms with E-state index in [0.717, 1.165) is 24.8 Å². The molecular formula is C17H25FN2O3S. The largest absolute Gasteiger partial charge is 0.356 e. The summed E-state index contributed by atoms with van der Waals surface area (Å²) < 4.78 is 38.1. The zero-order valence-corrected chi connectivity index (χ0v) is 14.8. The van der Waals surface area contributed by atoms with Gasteiger partial charge in [0.15, 0.2) is 0 Å². The van der Waals surface area contributed by atoms with Crippen molar-refractivity contribution in [3.8, 4) is 0 Å². The van der Waals surface area contributed by atoms with E-state index in [4.69, 9.17) is 0 Å². The molecule has 1 unspecified atom stereocenters. The lowest BCUT2D eigenvalue weighted by molar-refractivity contribution is -0.126. The summed E-state index contributed by atoms with van der Waals surface area (Å²) in [6, 6.07) is 6.34. The molecule has 7 heteroatoms. The molecule has 24 heavy (non-hydrogen) atoms. The third kappa shape index (κ3) is 5.27. The molecule has 0 bridgehead atoms. The van der Waals surface area contributed by atoms with Crippen LogP contribution in [0.5, 0.6) is 0 Å². The Balaban J connectivity index is 1.75. The second-order valence-electron chi connectivity index (χ2n) is 6.12. The highest BCUT2D eigenvalue weighted by molar-refractivity contribution is 7.89. The Hall–Kier alpha value is -1.47. The van der Waals surface area contributed by atoms with Crippen LogP contribution in [0.4, 0.5) is 4.39 Å². The minimum absolute atomic E-state index is 0.0685. The molecule has 5 nitrogen and oxygen atoms in total. The molecule has 1 aromatic carbocycles. The molecular weight excluding hydrogens is 331 g/mol. The Bertz CT molecular complexity index is 646. The van der Waals surface area contributed by atoms with Crippen LogP contribution in [0.25, 0.3) is 0 Å². The average Bonchev–Trinajstić information content (AvgIpc) is 2.60. The van der Waals surface area contributed by atoms with Gasteiger partial charge in [-0.3, -0.25) is 4.79 Å². The van der Waals surface area contributed by atoms with E-state index >= 15 is 0 Å². The van der Waals surface area contributed by atoms with E-state index in [1.807, 2.05) is 0 Å². The molecule has 1 fully saturated rings. The number of amides is 1. The highest BCUT2D eigenvalue weighted by atomic mass is 32.2. The van der Waals surface area contributed by atoms with Gasteiger partial charge in [0.1, 0.15) is 5.82 Å². The van der Waals surface area contributed by atoms with Crippen LogP contribution in [0.2, 0.25) is 0 Å². The number of carbonyl (C=O) groups excluding carboxylic acids is 1. The van der Waals surface area contributed by atoms with Crippen LogP contribution < -0.4 is 5.32 Å². The summed E-state index contributed by atoms with van der Waals surface area (Å²) in [4.78, 5) is 12.2. The Morgan fingerprint density at radius 1 is 1.33 bits per heavy atom. The minimum atomic E-state index is -3.23. The molecule has 134 valence electrons. The van der Waals surface area contributed by atoms with Crippen molar-refractivity contribution in [1.29, 1.82) is 0 Å². The number of aryl methyl sites for hydroxylation is 1. The van der Waals surface area contributed by atoms with Crippen molar-refractivity contribution in [3.63, 3.8) is 0 Å². The van der Waals surface area contributed by atoms with Crippen molar-refractivity contribution in [3.05, 3.63) is 35.6 Å². The van der Waals surface area contributed by atoms with Crippen molar-refractivity contribution in [2.45, 2.75) is 32.6 Å². The highest BCUT2D eigenvalue weighted by Gasteiger charge is 2.31. The van der Waals surface area contributed by atoms with E-state index in [-0.39, 0.29) is 29.9 Å². The van der Waals surface area contributed by atoms with Crippen molar-refractivity contribution in [2.75, 3.05) is 25.4 Å². The molecule has 0 aliphatic carbocycles. The summed E-state index contributed by atoms with van der Waals surface area (Å²) in [5.41, 5.74) is 1.03.